The Balaban J connectivity index is 2.54. The molecule has 0 aliphatic carbocycles. The van der Waals surface area contributed by atoms with E-state index in [0.717, 1.165) is 0 Å². The second-order valence-electron chi connectivity index (χ2n) is 4.40. The van der Waals surface area contributed by atoms with Crippen LogP contribution < -0.4 is 0 Å². The van der Waals surface area contributed by atoms with Crippen molar-refractivity contribution in [1.82, 2.24) is 0 Å². The smallest absolute Gasteiger partial charge is 0.305 e. The largest absolute Gasteiger partial charge is 0.463 e. The van der Waals surface area contributed by atoms with Crippen LogP contribution in [-0.4, -0.2) is 65.2 Å². The van der Waals surface area contributed by atoms with Gasteiger partial charge in [-0.2, -0.15) is 0 Å². The molecule has 0 aromatic heterocycles. The van der Waals surface area contributed by atoms with Gasteiger partial charge < -0.3 is 29.5 Å². The second-order valence-corrected chi connectivity index (χ2v) is 4.40. The Morgan fingerprint density at radius 3 is 2.42 bits per heavy atom. The van der Waals surface area contributed by atoms with E-state index in [1.165, 1.54) is 0 Å². The second kappa shape index (κ2) is 7.76. The lowest BCUT2D eigenvalue weighted by atomic mass is 9.99. The number of hydrogen-bond acceptors (Lipinski definition) is 7. The fourth-order valence-corrected chi connectivity index (χ4v) is 1.81. The molecule has 0 amide bonds. The average molecular weight is 278 g/mol. The first-order chi connectivity index (χ1) is 9.01. The van der Waals surface area contributed by atoms with Gasteiger partial charge in [0.2, 0.25) is 0 Å². The zero-order valence-corrected chi connectivity index (χ0v) is 11.2. The third-order valence-corrected chi connectivity index (χ3v) is 2.86. The number of carbonyl (C=O) groups excluding carboxylic acids is 1. The summed E-state index contributed by atoms with van der Waals surface area (Å²) in [6.45, 7) is 3.66. The molecule has 5 atom stereocenters. The first-order valence-corrected chi connectivity index (χ1v) is 6.48. The number of hydrogen-bond donors (Lipinski definition) is 3. The van der Waals surface area contributed by atoms with Gasteiger partial charge >= 0.3 is 5.97 Å². The minimum absolute atomic E-state index is 0.187. The number of rotatable bonds is 6. The summed E-state index contributed by atoms with van der Waals surface area (Å²) >= 11 is 0. The van der Waals surface area contributed by atoms with Crippen LogP contribution in [0.5, 0.6) is 0 Å². The molecule has 7 heteroatoms. The van der Waals surface area contributed by atoms with Gasteiger partial charge in [-0.3, -0.25) is 4.79 Å². The molecule has 0 aromatic carbocycles. The number of aliphatic hydroxyl groups excluding tert-OH is 3. The molecule has 0 saturated carbocycles. The molecule has 1 fully saturated rings. The monoisotopic (exact) mass is 278 g/mol. The normalized spacial score (nSPS) is 35.1. The highest BCUT2D eigenvalue weighted by molar-refractivity contribution is 5.69. The number of carbonyl (C=O) groups is 1. The van der Waals surface area contributed by atoms with Crippen LogP contribution in [0, 0.1) is 0 Å². The SMILES string of the molecule is CCCC(=O)OC[C@H]1O[C@@H](OCC)[C@H](O)[C@@H](O)[C@@H]1O. The highest BCUT2D eigenvalue weighted by atomic mass is 16.7. The van der Waals surface area contributed by atoms with Gasteiger partial charge in [-0.1, -0.05) is 6.92 Å². The van der Waals surface area contributed by atoms with Crippen molar-refractivity contribution >= 4 is 5.97 Å². The van der Waals surface area contributed by atoms with Crippen LogP contribution in [0.3, 0.4) is 0 Å². The van der Waals surface area contributed by atoms with Crippen molar-refractivity contribution in [2.24, 2.45) is 0 Å². The van der Waals surface area contributed by atoms with Gasteiger partial charge in [0, 0.05) is 13.0 Å². The predicted molar refractivity (Wildman–Crippen MR) is 64.2 cm³/mol. The van der Waals surface area contributed by atoms with Crippen LogP contribution in [0.15, 0.2) is 0 Å². The summed E-state index contributed by atoms with van der Waals surface area (Å²) in [4.78, 5) is 11.2. The van der Waals surface area contributed by atoms with Crippen molar-refractivity contribution in [3.8, 4) is 0 Å². The fraction of sp³-hybridized carbons (Fsp3) is 0.917. The van der Waals surface area contributed by atoms with E-state index in [9.17, 15) is 20.1 Å². The summed E-state index contributed by atoms with van der Waals surface area (Å²) < 4.78 is 15.3. The van der Waals surface area contributed by atoms with Crippen LogP contribution in [-0.2, 0) is 19.0 Å². The maximum atomic E-state index is 11.2. The van der Waals surface area contributed by atoms with E-state index >= 15 is 0 Å². The number of ether oxygens (including phenoxy) is 3. The Bertz CT molecular complexity index is 283. The molecule has 0 unspecified atom stereocenters. The van der Waals surface area contributed by atoms with Gasteiger partial charge in [-0.15, -0.1) is 0 Å². The van der Waals surface area contributed by atoms with Gasteiger partial charge in [0.05, 0.1) is 0 Å². The minimum Gasteiger partial charge on any atom is -0.463 e. The van der Waals surface area contributed by atoms with Crippen LogP contribution in [0.4, 0.5) is 0 Å². The molecular weight excluding hydrogens is 256 g/mol. The van der Waals surface area contributed by atoms with Gasteiger partial charge in [0.25, 0.3) is 0 Å². The van der Waals surface area contributed by atoms with Crippen LogP contribution in [0.1, 0.15) is 26.7 Å². The topological polar surface area (TPSA) is 105 Å². The lowest BCUT2D eigenvalue weighted by Crippen LogP contribution is -2.59. The summed E-state index contributed by atoms with van der Waals surface area (Å²) in [5.41, 5.74) is 0. The molecule has 0 aromatic rings. The molecule has 112 valence electrons. The van der Waals surface area contributed by atoms with E-state index in [1.807, 2.05) is 6.92 Å². The first kappa shape index (κ1) is 16.3. The molecular formula is C12H22O7. The molecule has 0 spiro atoms. The van der Waals surface area contributed by atoms with Crippen molar-refractivity contribution in [2.45, 2.75) is 57.4 Å². The minimum atomic E-state index is -1.40. The van der Waals surface area contributed by atoms with Crippen molar-refractivity contribution in [1.29, 1.82) is 0 Å². The van der Waals surface area contributed by atoms with Gasteiger partial charge in [-0.25, -0.2) is 0 Å². The maximum absolute atomic E-state index is 11.2. The molecule has 1 aliphatic rings. The third-order valence-electron chi connectivity index (χ3n) is 2.86. The molecule has 0 bridgehead atoms. The molecule has 0 radical (unpaired) electrons. The standard InChI is InChI=1S/C12H22O7/c1-3-5-8(13)18-6-7-9(14)10(15)11(16)12(19-7)17-4-2/h7,9-12,14-16H,3-6H2,1-2H3/t7-,9-,10+,11-,12-/m1/s1. The Hall–Kier alpha value is -0.730. The molecule has 3 N–H and O–H groups in total. The zero-order chi connectivity index (χ0) is 14.4. The van der Waals surface area contributed by atoms with E-state index in [0.29, 0.717) is 6.42 Å². The highest BCUT2D eigenvalue weighted by Crippen LogP contribution is 2.22. The summed E-state index contributed by atoms with van der Waals surface area (Å²) in [6.07, 6.45) is -5.09. The molecule has 19 heavy (non-hydrogen) atoms. The van der Waals surface area contributed by atoms with Gasteiger partial charge in [0.1, 0.15) is 31.0 Å². The molecule has 1 heterocycles. The Kier molecular flexibility index (Phi) is 6.67. The van der Waals surface area contributed by atoms with Crippen LogP contribution in [0.25, 0.3) is 0 Å². The summed E-state index contributed by atoms with van der Waals surface area (Å²) in [7, 11) is 0. The highest BCUT2D eigenvalue weighted by Gasteiger charge is 2.44. The fourth-order valence-electron chi connectivity index (χ4n) is 1.81. The first-order valence-electron chi connectivity index (χ1n) is 6.48. The quantitative estimate of drug-likeness (QED) is 0.545. The summed E-state index contributed by atoms with van der Waals surface area (Å²) in [6, 6.07) is 0. The lowest BCUT2D eigenvalue weighted by Gasteiger charge is -2.39. The Labute approximate surface area is 112 Å². The predicted octanol–water partition coefficient (Wildman–Crippen LogP) is -0.826. The van der Waals surface area contributed by atoms with Crippen molar-refractivity contribution in [3.05, 3.63) is 0 Å². The van der Waals surface area contributed by atoms with E-state index in [4.69, 9.17) is 14.2 Å². The van der Waals surface area contributed by atoms with Gasteiger partial charge in [0.15, 0.2) is 6.29 Å². The molecule has 1 aliphatic heterocycles. The van der Waals surface area contributed by atoms with Crippen LogP contribution >= 0.6 is 0 Å². The third kappa shape index (κ3) is 4.39. The summed E-state index contributed by atoms with van der Waals surface area (Å²) in [5.74, 6) is -0.396. The lowest BCUT2D eigenvalue weighted by molar-refractivity contribution is -0.300. The van der Waals surface area contributed by atoms with E-state index < -0.39 is 36.7 Å². The molecule has 1 saturated heterocycles. The van der Waals surface area contributed by atoms with Crippen LogP contribution in [0.2, 0.25) is 0 Å². The van der Waals surface area contributed by atoms with Crippen molar-refractivity contribution in [3.63, 3.8) is 0 Å². The van der Waals surface area contributed by atoms with E-state index in [-0.39, 0.29) is 19.6 Å². The number of aliphatic hydroxyl groups is 3. The zero-order valence-electron chi connectivity index (χ0n) is 11.2. The molecule has 1 rings (SSSR count). The summed E-state index contributed by atoms with van der Waals surface area (Å²) in [5, 5.41) is 29.1. The van der Waals surface area contributed by atoms with E-state index in [2.05, 4.69) is 0 Å². The van der Waals surface area contributed by atoms with E-state index in [1.54, 1.807) is 6.92 Å². The Morgan fingerprint density at radius 2 is 1.84 bits per heavy atom. The number of esters is 1. The molecule has 7 nitrogen and oxygen atoms in total. The van der Waals surface area contributed by atoms with Crippen molar-refractivity contribution < 1.29 is 34.3 Å². The van der Waals surface area contributed by atoms with Crippen molar-refractivity contribution in [2.75, 3.05) is 13.2 Å². The van der Waals surface area contributed by atoms with Gasteiger partial charge in [-0.05, 0) is 13.3 Å². The average Bonchev–Trinajstić information content (AvgIpc) is 2.38. The maximum Gasteiger partial charge on any atom is 0.305 e. The Morgan fingerprint density at radius 1 is 1.16 bits per heavy atom.